The number of piperidine rings is 2. The molecule has 3 heterocycles. The second-order valence-electron chi connectivity index (χ2n) is 9.63. The average Bonchev–Trinajstić information content (AvgIpc) is 3.25. The van der Waals surface area contributed by atoms with Crippen LogP contribution in [0.25, 0.3) is 0 Å². The second-order valence-corrected chi connectivity index (χ2v) is 11.1. The second kappa shape index (κ2) is 10.5. The van der Waals surface area contributed by atoms with Crippen molar-refractivity contribution in [3.8, 4) is 0 Å². The minimum atomic E-state index is -0.176. The first-order valence-electron chi connectivity index (χ1n) is 12.7. The Balaban J connectivity index is 1.46. The lowest BCUT2D eigenvalue weighted by Crippen LogP contribution is -2.38. The van der Waals surface area contributed by atoms with Crippen molar-refractivity contribution < 1.29 is 0 Å². The highest BCUT2D eigenvalue weighted by Gasteiger charge is 2.44. The maximum Gasteiger partial charge on any atom is 0.133 e. The van der Waals surface area contributed by atoms with E-state index in [1.54, 1.807) is 0 Å². The minimum Gasteiger partial charge on any atom is -0.303 e. The molecule has 5 rings (SSSR count). The van der Waals surface area contributed by atoms with Crippen molar-refractivity contribution in [3.05, 3.63) is 71.8 Å². The van der Waals surface area contributed by atoms with Crippen LogP contribution in [-0.2, 0) is 4.87 Å². The van der Waals surface area contributed by atoms with E-state index in [4.69, 9.17) is 4.99 Å². The zero-order valence-corrected chi connectivity index (χ0v) is 20.1. The quantitative estimate of drug-likeness (QED) is 0.534. The summed E-state index contributed by atoms with van der Waals surface area (Å²) >= 11 is 2.12. The topological polar surface area (TPSA) is 18.8 Å². The van der Waals surface area contributed by atoms with Gasteiger partial charge in [0.2, 0.25) is 0 Å². The number of hydrogen-bond donors (Lipinski definition) is 0. The van der Waals surface area contributed by atoms with E-state index < -0.39 is 0 Å². The molecule has 2 saturated heterocycles. The first-order valence-corrected chi connectivity index (χ1v) is 13.5. The van der Waals surface area contributed by atoms with E-state index in [0.29, 0.717) is 5.25 Å². The van der Waals surface area contributed by atoms with Gasteiger partial charge in [-0.3, -0.25) is 4.99 Å². The molecule has 2 atom stereocenters. The first-order chi connectivity index (χ1) is 15.8. The summed E-state index contributed by atoms with van der Waals surface area (Å²) < 4.78 is 0. The van der Waals surface area contributed by atoms with Gasteiger partial charge in [-0.2, -0.15) is 0 Å². The molecule has 32 heavy (non-hydrogen) atoms. The predicted octanol–water partition coefficient (Wildman–Crippen LogP) is 5.81. The average molecular weight is 448 g/mol. The Kier molecular flexibility index (Phi) is 7.31. The monoisotopic (exact) mass is 447 g/mol. The maximum absolute atomic E-state index is 5.62. The molecule has 0 bridgehead atoms. The van der Waals surface area contributed by atoms with Crippen LogP contribution in [0.1, 0.15) is 56.1 Å². The molecule has 0 unspecified atom stereocenters. The fourth-order valence-corrected chi connectivity index (χ4v) is 7.22. The normalized spacial score (nSPS) is 27.4. The van der Waals surface area contributed by atoms with Crippen LogP contribution in [0.5, 0.6) is 0 Å². The third-order valence-corrected chi connectivity index (χ3v) is 8.90. The minimum absolute atomic E-state index is 0.176. The first kappa shape index (κ1) is 22.2. The zero-order valence-electron chi connectivity index (χ0n) is 19.3. The Morgan fingerprint density at radius 1 is 0.750 bits per heavy atom. The fraction of sp³-hybridized carbons (Fsp3) is 0.536. The molecule has 2 aromatic rings. The molecule has 3 aliphatic heterocycles. The van der Waals surface area contributed by atoms with Gasteiger partial charge < -0.3 is 9.80 Å². The van der Waals surface area contributed by atoms with Crippen LogP contribution in [0.2, 0.25) is 0 Å². The number of hydrogen-bond acceptors (Lipinski definition) is 4. The van der Waals surface area contributed by atoms with E-state index in [-0.39, 0.29) is 4.87 Å². The van der Waals surface area contributed by atoms with Gasteiger partial charge in [0, 0.05) is 13.1 Å². The summed E-state index contributed by atoms with van der Waals surface area (Å²) in [6.45, 7) is 7.25. The van der Waals surface area contributed by atoms with Crippen LogP contribution in [0.4, 0.5) is 0 Å². The molecule has 170 valence electrons. The molecular weight excluding hydrogens is 410 g/mol. The van der Waals surface area contributed by atoms with E-state index in [0.717, 1.165) is 19.5 Å². The molecule has 3 aliphatic rings. The van der Waals surface area contributed by atoms with Crippen LogP contribution in [-0.4, -0.2) is 60.0 Å². The standard InChI is InChI=1S/C28H37N3S/c1-5-13-24(14-6-1)27-26(23-31-20-11-4-12-21-31)32-28(29-27,25-15-7-2-8-16-25)17-22-30-18-9-3-10-19-30/h1-2,5-8,13-16,26H,3-4,9-12,17-23H2/t26-,28+/m0/s1. The van der Waals surface area contributed by atoms with E-state index in [1.807, 2.05) is 0 Å². The zero-order chi connectivity index (χ0) is 21.6. The van der Waals surface area contributed by atoms with Gasteiger partial charge in [0.1, 0.15) is 4.87 Å². The van der Waals surface area contributed by atoms with Gasteiger partial charge in [-0.05, 0) is 69.4 Å². The Morgan fingerprint density at radius 2 is 1.34 bits per heavy atom. The molecule has 4 heteroatoms. The van der Waals surface area contributed by atoms with Crippen molar-refractivity contribution in [3.63, 3.8) is 0 Å². The molecule has 2 fully saturated rings. The smallest absolute Gasteiger partial charge is 0.133 e. The van der Waals surface area contributed by atoms with Gasteiger partial charge in [0.05, 0.1) is 11.0 Å². The van der Waals surface area contributed by atoms with E-state index in [1.165, 1.54) is 81.5 Å². The van der Waals surface area contributed by atoms with Gasteiger partial charge in [0.25, 0.3) is 0 Å². The Morgan fingerprint density at radius 3 is 2.00 bits per heavy atom. The van der Waals surface area contributed by atoms with E-state index in [9.17, 15) is 0 Å². The molecule has 0 saturated carbocycles. The Bertz CT molecular complexity index is 872. The lowest BCUT2D eigenvalue weighted by Gasteiger charge is -2.33. The van der Waals surface area contributed by atoms with Crippen LogP contribution in [0.3, 0.4) is 0 Å². The number of likely N-dealkylation sites (tertiary alicyclic amines) is 2. The summed E-state index contributed by atoms with van der Waals surface area (Å²) in [5, 5.41) is 0.428. The van der Waals surface area contributed by atoms with E-state index in [2.05, 4.69) is 82.2 Å². The molecule has 0 N–H and O–H groups in total. The molecule has 3 nitrogen and oxygen atoms in total. The van der Waals surface area contributed by atoms with Gasteiger partial charge in [0.15, 0.2) is 0 Å². The summed E-state index contributed by atoms with van der Waals surface area (Å²) in [4.78, 5) is 10.8. The van der Waals surface area contributed by atoms with Gasteiger partial charge in [-0.1, -0.05) is 73.5 Å². The fourth-order valence-electron chi connectivity index (χ4n) is 5.53. The molecule has 2 aromatic carbocycles. The van der Waals surface area contributed by atoms with Crippen molar-refractivity contribution in [2.24, 2.45) is 4.99 Å². The summed E-state index contributed by atoms with van der Waals surface area (Å²) in [7, 11) is 0. The van der Waals surface area contributed by atoms with Crippen molar-refractivity contribution in [2.45, 2.75) is 55.1 Å². The van der Waals surface area contributed by atoms with Crippen molar-refractivity contribution >= 4 is 17.5 Å². The van der Waals surface area contributed by atoms with Gasteiger partial charge >= 0.3 is 0 Å². The summed E-state index contributed by atoms with van der Waals surface area (Å²) in [5.41, 5.74) is 3.98. The highest BCUT2D eigenvalue weighted by molar-refractivity contribution is 8.02. The number of benzene rings is 2. The third kappa shape index (κ3) is 5.13. The van der Waals surface area contributed by atoms with Crippen LogP contribution < -0.4 is 0 Å². The summed E-state index contributed by atoms with van der Waals surface area (Å²) in [6, 6.07) is 22.1. The number of aliphatic imine (C=N–C) groups is 1. The van der Waals surface area contributed by atoms with Crippen molar-refractivity contribution in [1.82, 2.24) is 9.80 Å². The predicted molar refractivity (Wildman–Crippen MR) is 138 cm³/mol. The summed E-state index contributed by atoms with van der Waals surface area (Å²) in [6.07, 6.45) is 9.25. The summed E-state index contributed by atoms with van der Waals surface area (Å²) in [5.74, 6) is 0. The van der Waals surface area contributed by atoms with Crippen molar-refractivity contribution in [1.29, 1.82) is 0 Å². The molecule has 0 aliphatic carbocycles. The SMILES string of the molecule is c1ccc(C2=N[C@@](CCN3CCCCC3)(c3ccccc3)S[C@H]2CN2CCCCC2)cc1. The third-order valence-electron chi connectivity index (χ3n) is 7.33. The number of thioether (sulfide) groups is 1. The highest BCUT2D eigenvalue weighted by Crippen LogP contribution is 2.50. The van der Waals surface area contributed by atoms with Gasteiger partial charge in [-0.25, -0.2) is 0 Å². The molecule has 0 spiro atoms. The Hall–Kier alpha value is -1.62. The van der Waals surface area contributed by atoms with Crippen LogP contribution in [0, 0.1) is 0 Å². The Labute approximate surface area is 198 Å². The van der Waals surface area contributed by atoms with Gasteiger partial charge in [-0.15, -0.1) is 11.8 Å². The lowest BCUT2D eigenvalue weighted by molar-refractivity contribution is 0.218. The number of rotatable bonds is 7. The van der Waals surface area contributed by atoms with Crippen LogP contribution >= 0.6 is 11.8 Å². The highest BCUT2D eigenvalue weighted by atomic mass is 32.2. The molecular formula is C28H37N3S. The van der Waals surface area contributed by atoms with Crippen LogP contribution in [0.15, 0.2) is 65.7 Å². The number of nitrogens with zero attached hydrogens (tertiary/aromatic N) is 3. The largest absolute Gasteiger partial charge is 0.303 e. The van der Waals surface area contributed by atoms with Crippen molar-refractivity contribution in [2.75, 3.05) is 39.3 Å². The molecule has 0 amide bonds. The maximum atomic E-state index is 5.62. The molecule has 0 aromatic heterocycles. The van der Waals surface area contributed by atoms with E-state index >= 15 is 0 Å². The molecule has 0 radical (unpaired) electrons. The lowest BCUT2D eigenvalue weighted by atomic mass is 10.0.